The van der Waals surface area contributed by atoms with E-state index >= 15 is 0 Å². The fourth-order valence-electron chi connectivity index (χ4n) is 1.13. The van der Waals surface area contributed by atoms with Crippen molar-refractivity contribution in [2.45, 2.75) is 6.92 Å². The smallest absolute Gasteiger partial charge is 0.127 e. The van der Waals surface area contributed by atoms with Crippen LogP contribution in [0.15, 0.2) is 30.5 Å². The highest BCUT2D eigenvalue weighted by Crippen LogP contribution is 2.31. The summed E-state index contributed by atoms with van der Waals surface area (Å²) in [5.41, 5.74) is 0.806. The largest absolute Gasteiger partial charge is 0.507 e. The predicted molar refractivity (Wildman–Crippen MR) is 54.0 cm³/mol. The first-order valence-corrected chi connectivity index (χ1v) is 4.80. The van der Waals surface area contributed by atoms with Crippen LogP contribution in [0.2, 0.25) is 0 Å². The van der Waals surface area contributed by atoms with E-state index in [2.05, 4.69) is 4.98 Å². The number of rotatable bonds is 1. The van der Waals surface area contributed by atoms with E-state index in [0.717, 1.165) is 15.4 Å². The molecular formula is C10H9NOS. The van der Waals surface area contributed by atoms with Gasteiger partial charge in [0.25, 0.3) is 0 Å². The van der Waals surface area contributed by atoms with Crippen molar-refractivity contribution in [1.82, 2.24) is 4.98 Å². The van der Waals surface area contributed by atoms with E-state index < -0.39 is 0 Å². The zero-order valence-electron chi connectivity index (χ0n) is 7.19. The maximum absolute atomic E-state index is 9.54. The number of phenolic OH excluding ortho intramolecular Hbond substituents is 1. The topological polar surface area (TPSA) is 33.1 Å². The monoisotopic (exact) mass is 191 g/mol. The van der Waals surface area contributed by atoms with E-state index in [-0.39, 0.29) is 5.75 Å². The number of aromatic hydroxyl groups is 1. The van der Waals surface area contributed by atoms with Gasteiger partial charge in [0.2, 0.25) is 0 Å². The zero-order chi connectivity index (χ0) is 9.26. The Kier molecular flexibility index (Phi) is 2.02. The Morgan fingerprint density at radius 2 is 2.08 bits per heavy atom. The maximum Gasteiger partial charge on any atom is 0.127 e. The summed E-state index contributed by atoms with van der Waals surface area (Å²) in [6.07, 6.45) is 1.81. The van der Waals surface area contributed by atoms with Crippen molar-refractivity contribution in [2.75, 3.05) is 0 Å². The standard InChI is InChI=1S/C10H9NOS/c1-7-6-11-10(13-7)8-4-2-3-5-9(8)12/h2-6,12H,1H3. The van der Waals surface area contributed by atoms with Crippen molar-refractivity contribution in [3.05, 3.63) is 35.3 Å². The molecule has 0 fully saturated rings. The predicted octanol–water partition coefficient (Wildman–Crippen LogP) is 2.82. The minimum Gasteiger partial charge on any atom is -0.507 e. The highest BCUT2D eigenvalue weighted by molar-refractivity contribution is 7.15. The molecule has 0 bridgehead atoms. The molecule has 0 spiro atoms. The lowest BCUT2D eigenvalue weighted by Crippen LogP contribution is -1.75. The molecule has 0 radical (unpaired) electrons. The quantitative estimate of drug-likeness (QED) is 0.751. The van der Waals surface area contributed by atoms with E-state index in [0.29, 0.717) is 0 Å². The van der Waals surface area contributed by atoms with Crippen LogP contribution in [0, 0.1) is 6.92 Å². The summed E-state index contributed by atoms with van der Waals surface area (Å²) in [5.74, 6) is 0.289. The molecule has 2 rings (SSSR count). The lowest BCUT2D eigenvalue weighted by atomic mass is 10.2. The van der Waals surface area contributed by atoms with Gasteiger partial charge < -0.3 is 5.11 Å². The molecule has 0 amide bonds. The number of para-hydroxylation sites is 1. The van der Waals surface area contributed by atoms with Crippen molar-refractivity contribution in [1.29, 1.82) is 0 Å². The first-order valence-electron chi connectivity index (χ1n) is 3.98. The number of nitrogens with zero attached hydrogens (tertiary/aromatic N) is 1. The van der Waals surface area contributed by atoms with Crippen molar-refractivity contribution in [3.8, 4) is 16.3 Å². The Labute approximate surface area is 80.5 Å². The Bertz CT molecular complexity index is 422. The van der Waals surface area contributed by atoms with Crippen LogP contribution in [0.4, 0.5) is 0 Å². The van der Waals surface area contributed by atoms with Gasteiger partial charge in [0.05, 0.1) is 5.56 Å². The molecular weight excluding hydrogens is 182 g/mol. The molecule has 0 atom stereocenters. The lowest BCUT2D eigenvalue weighted by Gasteiger charge is -1.98. The molecule has 1 heterocycles. The normalized spacial score (nSPS) is 10.2. The third kappa shape index (κ3) is 1.55. The minimum absolute atomic E-state index is 0.289. The molecule has 0 unspecified atom stereocenters. The summed E-state index contributed by atoms with van der Waals surface area (Å²) in [7, 11) is 0. The molecule has 2 nitrogen and oxygen atoms in total. The molecule has 1 aromatic carbocycles. The van der Waals surface area contributed by atoms with E-state index in [1.165, 1.54) is 0 Å². The van der Waals surface area contributed by atoms with Gasteiger partial charge >= 0.3 is 0 Å². The fourth-order valence-corrected chi connectivity index (χ4v) is 1.93. The van der Waals surface area contributed by atoms with Crippen LogP contribution < -0.4 is 0 Å². The van der Waals surface area contributed by atoms with Gasteiger partial charge in [-0.3, -0.25) is 0 Å². The Morgan fingerprint density at radius 1 is 1.31 bits per heavy atom. The molecule has 0 saturated heterocycles. The van der Waals surface area contributed by atoms with Crippen LogP contribution in [0.5, 0.6) is 5.75 Å². The van der Waals surface area contributed by atoms with Gasteiger partial charge in [-0.25, -0.2) is 4.98 Å². The van der Waals surface area contributed by atoms with Gasteiger partial charge in [-0.2, -0.15) is 0 Å². The third-order valence-electron chi connectivity index (χ3n) is 1.76. The molecule has 13 heavy (non-hydrogen) atoms. The lowest BCUT2D eigenvalue weighted by molar-refractivity contribution is 0.477. The van der Waals surface area contributed by atoms with Crippen molar-refractivity contribution >= 4 is 11.3 Å². The zero-order valence-corrected chi connectivity index (χ0v) is 8.01. The van der Waals surface area contributed by atoms with Gasteiger partial charge in [0.15, 0.2) is 0 Å². The Hall–Kier alpha value is -1.35. The van der Waals surface area contributed by atoms with Crippen LogP contribution in [-0.2, 0) is 0 Å². The Morgan fingerprint density at radius 3 is 2.69 bits per heavy atom. The van der Waals surface area contributed by atoms with Crippen molar-refractivity contribution < 1.29 is 5.11 Å². The summed E-state index contributed by atoms with van der Waals surface area (Å²) in [6, 6.07) is 7.24. The van der Waals surface area contributed by atoms with Gasteiger partial charge in [-0.15, -0.1) is 11.3 Å². The van der Waals surface area contributed by atoms with E-state index in [4.69, 9.17) is 0 Å². The van der Waals surface area contributed by atoms with Gasteiger partial charge in [-0.05, 0) is 19.1 Å². The van der Waals surface area contributed by atoms with Gasteiger partial charge in [-0.1, -0.05) is 12.1 Å². The molecule has 2 aromatic rings. The molecule has 3 heteroatoms. The summed E-state index contributed by atoms with van der Waals surface area (Å²) in [6.45, 7) is 2.00. The van der Waals surface area contributed by atoms with Crippen LogP contribution in [-0.4, -0.2) is 10.1 Å². The van der Waals surface area contributed by atoms with Crippen LogP contribution in [0.25, 0.3) is 10.6 Å². The summed E-state index contributed by atoms with van der Waals surface area (Å²) in [5, 5.41) is 10.4. The average molecular weight is 191 g/mol. The summed E-state index contributed by atoms with van der Waals surface area (Å²) < 4.78 is 0. The van der Waals surface area contributed by atoms with E-state index in [1.807, 2.05) is 25.3 Å². The van der Waals surface area contributed by atoms with Gasteiger partial charge in [0, 0.05) is 11.1 Å². The first kappa shape index (κ1) is 8.26. The SMILES string of the molecule is Cc1cnc(-c2ccccc2O)s1. The molecule has 1 N–H and O–H groups in total. The number of benzene rings is 1. The number of aryl methyl sites for hydroxylation is 1. The molecule has 1 aromatic heterocycles. The number of hydrogen-bond acceptors (Lipinski definition) is 3. The van der Waals surface area contributed by atoms with Crippen LogP contribution in [0.3, 0.4) is 0 Å². The van der Waals surface area contributed by atoms with Crippen LogP contribution in [0.1, 0.15) is 4.88 Å². The minimum atomic E-state index is 0.289. The first-order chi connectivity index (χ1) is 6.27. The molecule has 0 aliphatic rings. The van der Waals surface area contributed by atoms with E-state index in [1.54, 1.807) is 23.5 Å². The Balaban J connectivity index is 2.52. The summed E-state index contributed by atoms with van der Waals surface area (Å²) >= 11 is 1.58. The number of phenols is 1. The van der Waals surface area contributed by atoms with Crippen LogP contribution >= 0.6 is 11.3 Å². The fraction of sp³-hybridized carbons (Fsp3) is 0.100. The second-order valence-corrected chi connectivity index (χ2v) is 4.03. The van der Waals surface area contributed by atoms with E-state index in [9.17, 15) is 5.11 Å². The second kappa shape index (κ2) is 3.18. The third-order valence-corrected chi connectivity index (χ3v) is 2.70. The number of hydrogen-bond donors (Lipinski definition) is 1. The number of thiazole rings is 1. The highest BCUT2D eigenvalue weighted by atomic mass is 32.1. The highest BCUT2D eigenvalue weighted by Gasteiger charge is 2.05. The molecule has 0 saturated carbocycles. The number of aromatic nitrogens is 1. The van der Waals surface area contributed by atoms with Gasteiger partial charge in [0.1, 0.15) is 10.8 Å². The molecule has 0 aliphatic heterocycles. The average Bonchev–Trinajstić information content (AvgIpc) is 2.53. The van der Waals surface area contributed by atoms with Crippen molar-refractivity contribution in [2.24, 2.45) is 0 Å². The van der Waals surface area contributed by atoms with Crippen molar-refractivity contribution in [3.63, 3.8) is 0 Å². The molecule has 66 valence electrons. The maximum atomic E-state index is 9.54. The second-order valence-electron chi connectivity index (χ2n) is 2.79. The molecule has 0 aliphatic carbocycles. The summed E-state index contributed by atoms with van der Waals surface area (Å²) in [4.78, 5) is 5.36.